The lowest BCUT2D eigenvalue weighted by atomic mass is 9.87. The Morgan fingerprint density at radius 2 is 2.18 bits per heavy atom. The summed E-state index contributed by atoms with van der Waals surface area (Å²) in [6, 6.07) is 6.28. The zero-order valence-corrected chi connectivity index (χ0v) is 13.7. The van der Waals surface area contributed by atoms with Crippen LogP contribution in [-0.2, 0) is 11.2 Å². The van der Waals surface area contributed by atoms with E-state index in [2.05, 4.69) is 23.5 Å². The van der Waals surface area contributed by atoms with Gasteiger partial charge in [-0.2, -0.15) is 0 Å². The number of allylic oxidation sites excluding steroid dienone is 1. The lowest BCUT2D eigenvalue weighted by Crippen LogP contribution is -2.29. The van der Waals surface area contributed by atoms with Crippen molar-refractivity contribution in [3.63, 3.8) is 0 Å². The van der Waals surface area contributed by atoms with Gasteiger partial charge in [-0.3, -0.25) is 4.79 Å². The van der Waals surface area contributed by atoms with Crippen molar-refractivity contribution in [2.45, 2.75) is 26.2 Å². The van der Waals surface area contributed by atoms with Crippen molar-refractivity contribution in [2.75, 3.05) is 13.7 Å². The molecule has 0 amide bonds. The normalized spacial score (nSPS) is 14.4. The summed E-state index contributed by atoms with van der Waals surface area (Å²) in [5.41, 5.74) is 9.47. The summed E-state index contributed by atoms with van der Waals surface area (Å²) in [4.78, 5) is 9.00. The van der Waals surface area contributed by atoms with Gasteiger partial charge in [0.1, 0.15) is 5.75 Å². The van der Waals surface area contributed by atoms with E-state index in [4.69, 9.17) is 32.6 Å². The van der Waals surface area contributed by atoms with Crippen LogP contribution in [0.4, 0.5) is 0 Å². The summed E-state index contributed by atoms with van der Waals surface area (Å²) in [5, 5.41) is 10.7. The van der Waals surface area contributed by atoms with Crippen molar-refractivity contribution in [1.82, 2.24) is 5.32 Å². The van der Waals surface area contributed by atoms with Crippen LogP contribution in [0.5, 0.6) is 5.75 Å². The molecule has 0 radical (unpaired) electrons. The van der Waals surface area contributed by atoms with E-state index in [1.54, 1.807) is 7.11 Å². The average molecular weight is 322 g/mol. The van der Waals surface area contributed by atoms with Gasteiger partial charge in [0.2, 0.25) is 0 Å². The van der Waals surface area contributed by atoms with Crippen LogP contribution in [-0.4, -0.2) is 29.8 Å². The van der Waals surface area contributed by atoms with Gasteiger partial charge in [0, 0.05) is 13.5 Å². The number of hydrogen-bond donors (Lipinski definition) is 3. The first kappa shape index (κ1) is 18.0. The molecule has 5 nitrogen and oxygen atoms in total. The zero-order chi connectivity index (χ0) is 16.5. The molecule has 0 aliphatic heterocycles. The van der Waals surface area contributed by atoms with Crippen LogP contribution in [0.15, 0.2) is 24.3 Å². The molecule has 6 heteroatoms. The molecule has 0 saturated heterocycles. The number of ether oxygens (including phenoxy) is 1. The Morgan fingerprint density at radius 3 is 2.77 bits per heavy atom. The molecule has 0 aromatic heterocycles. The van der Waals surface area contributed by atoms with Crippen molar-refractivity contribution < 1.29 is 14.6 Å². The maximum atomic E-state index is 9.00. The molecule has 0 spiro atoms. The third-order valence-electron chi connectivity index (χ3n) is 3.18. The Hall–Kier alpha value is -2.08. The second kappa shape index (κ2) is 9.04. The average Bonchev–Trinajstić information content (AvgIpc) is 2.46. The van der Waals surface area contributed by atoms with Crippen molar-refractivity contribution in [3.05, 3.63) is 35.4 Å². The number of aryl methyl sites for hydroxylation is 1. The number of carboxylic acids is 1. The number of fused-ring (bicyclic) bond motifs is 1. The van der Waals surface area contributed by atoms with Gasteiger partial charge in [-0.25, -0.2) is 0 Å². The Balaban J connectivity index is 0.000000541. The number of aliphatic carboxylic acids is 1. The number of thiocarbonyl (C=S) groups is 1. The second-order valence-corrected chi connectivity index (χ2v) is 5.31. The highest BCUT2D eigenvalue weighted by molar-refractivity contribution is 7.80. The van der Waals surface area contributed by atoms with E-state index < -0.39 is 5.97 Å². The molecule has 0 bridgehead atoms. The molecule has 2 rings (SSSR count). The summed E-state index contributed by atoms with van der Waals surface area (Å²) in [7, 11) is 1.70. The number of nitrogens with one attached hydrogen (secondary N) is 1. The Morgan fingerprint density at radius 1 is 1.50 bits per heavy atom. The van der Waals surface area contributed by atoms with Crippen LogP contribution >= 0.6 is 12.2 Å². The first-order valence-corrected chi connectivity index (χ1v) is 7.44. The van der Waals surface area contributed by atoms with Crippen molar-refractivity contribution in [2.24, 2.45) is 5.73 Å². The third kappa shape index (κ3) is 6.13. The number of hydrogen-bond acceptors (Lipinski definition) is 3. The van der Waals surface area contributed by atoms with E-state index in [-0.39, 0.29) is 0 Å². The number of benzene rings is 1. The topological polar surface area (TPSA) is 84.6 Å². The van der Waals surface area contributed by atoms with Gasteiger partial charge < -0.3 is 20.9 Å². The van der Waals surface area contributed by atoms with Gasteiger partial charge >= 0.3 is 0 Å². The highest BCUT2D eigenvalue weighted by Gasteiger charge is 2.14. The van der Waals surface area contributed by atoms with Gasteiger partial charge in [0.25, 0.3) is 5.97 Å². The summed E-state index contributed by atoms with van der Waals surface area (Å²) in [6.45, 7) is 1.77. The maximum absolute atomic E-state index is 9.00. The quantitative estimate of drug-likeness (QED) is 0.741. The number of nitrogens with two attached hydrogens (primary N) is 1. The summed E-state index contributed by atoms with van der Waals surface area (Å²) in [5.74, 6) is 0.0938. The summed E-state index contributed by atoms with van der Waals surface area (Å²) >= 11 is 4.79. The van der Waals surface area contributed by atoms with Crippen LogP contribution < -0.4 is 15.8 Å². The van der Waals surface area contributed by atoms with Crippen molar-refractivity contribution >= 4 is 28.9 Å². The lowest BCUT2D eigenvalue weighted by Gasteiger charge is -2.20. The van der Waals surface area contributed by atoms with Gasteiger partial charge in [-0.05, 0) is 60.3 Å². The highest BCUT2D eigenvalue weighted by Crippen LogP contribution is 2.32. The fourth-order valence-corrected chi connectivity index (χ4v) is 2.39. The molecule has 4 N–H and O–H groups in total. The van der Waals surface area contributed by atoms with Gasteiger partial charge in [-0.1, -0.05) is 12.1 Å². The first-order valence-electron chi connectivity index (χ1n) is 7.03. The smallest absolute Gasteiger partial charge is 0.300 e. The van der Waals surface area contributed by atoms with E-state index >= 15 is 0 Å². The molecule has 1 aliphatic rings. The highest BCUT2D eigenvalue weighted by atomic mass is 32.1. The second-order valence-electron chi connectivity index (χ2n) is 4.87. The van der Waals surface area contributed by atoms with Gasteiger partial charge in [0.15, 0.2) is 5.11 Å². The molecular weight excluding hydrogens is 300 g/mol. The van der Waals surface area contributed by atoms with E-state index in [0.717, 1.165) is 25.5 Å². The Kier molecular flexibility index (Phi) is 7.39. The SMILES string of the molecule is CC(=O)O.COc1ccc2c(c1)CCCC2=CCNC(N)=S. The molecule has 120 valence electrons. The van der Waals surface area contributed by atoms with Crippen LogP contribution in [0.2, 0.25) is 0 Å². The molecule has 1 aliphatic carbocycles. The molecule has 22 heavy (non-hydrogen) atoms. The lowest BCUT2D eigenvalue weighted by molar-refractivity contribution is -0.134. The Labute approximate surface area is 136 Å². The maximum Gasteiger partial charge on any atom is 0.300 e. The number of carbonyl (C=O) groups is 1. The van der Waals surface area contributed by atoms with Crippen LogP contribution in [0, 0.1) is 0 Å². The molecule has 1 aromatic rings. The van der Waals surface area contributed by atoms with E-state index in [0.29, 0.717) is 11.7 Å². The fraction of sp³-hybridized carbons (Fsp3) is 0.375. The standard InChI is InChI=1S/C14H18N2OS.C2H4O2/c1-17-12-5-6-13-10(7-8-16-14(15)18)3-2-4-11(13)9-12;1-2(3)4/h5-7,9H,2-4,8H2,1H3,(H3,15,16,18);1H3,(H,3,4). The molecule has 0 fully saturated rings. The van der Waals surface area contributed by atoms with Crippen molar-refractivity contribution in [1.29, 1.82) is 0 Å². The third-order valence-corrected chi connectivity index (χ3v) is 3.32. The molecule has 0 unspecified atom stereocenters. The summed E-state index contributed by atoms with van der Waals surface area (Å²) < 4.78 is 5.26. The van der Waals surface area contributed by atoms with E-state index in [1.807, 2.05) is 6.07 Å². The van der Waals surface area contributed by atoms with Crippen LogP contribution in [0.1, 0.15) is 30.9 Å². The van der Waals surface area contributed by atoms with Gasteiger partial charge in [-0.15, -0.1) is 0 Å². The first-order chi connectivity index (χ1) is 10.4. The molecule has 1 aromatic carbocycles. The van der Waals surface area contributed by atoms with Crippen LogP contribution in [0.25, 0.3) is 5.57 Å². The molecule has 0 heterocycles. The monoisotopic (exact) mass is 322 g/mol. The fourth-order valence-electron chi connectivity index (χ4n) is 2.31. The minimum atomic E-state index is -0.833. The minimum absolute atomic E-state index is 0.345. The number of carboxylic acid groups (broad SMARTS) is 1. The number of rotatable bonds is 3. The molecule has 0 atom stereocenters. The summed E-state index contributed by atoms with van der Waals surface area (Å²) in [6.07, 6.45) is 5.58. The van der Waals surface area contributed by atoms with E-state index in [1.165, 1.54) is 23.1 Å². The van der Waals surface area contributed by atoms with E-state index in [9.17, 15) is 0 Å². The predicted octanol–water partition coefficient (Wildman–Crippen LogP) is 2.34. The minimum Gasteiger partial charge on any atom is -0.497 e. The number of methoxy groups -OCH3 is 1. The van der Waals surface area contributed by atoms with Crippen molar-refractivity contribution in [3.8, 4) is 5.75 Å². The molecular formula is C16H22N2O3S. The van der Waals surface area contributed by atoms with Crippen LogP contribution in [0.3, 0.4) is 0 Å². The zero-order valence-electron chi connectivity index (χ0n) is 12.9. The Bertz CT molecular complexity index is 567. The largest absolute Gasteiger partial charge is 0.497 e. The molecule has 0 saturated carbocycles. The predicted molar refractivity (Wildman–Crippen MR) is 92.0 cm³/mol. The van der Waals surface area contributed by atoms with Gasteiger partial charge in [0.05, 0.1) is 7.11 Å².